The number of hydrogen-bond donors (Lipinski definition) is 1. The van der Waals surface area contributed by atoms with Crippen molar-refractivity contribution >= 4 is 27.3 Å². The molecular weight excluding hydrogens is 236 g/mol. The summed E-state index contributed by atoms with van der Waals surface area (Å²) < 4.78 is 23.1. The Morgan fingerprint density at radius 3 is 2.62 bits per heavy atom. The number of carbonyl (C=O) groups excluding carboxylic acids is 1. The second kappa shape index (κ2) is 3.55. The van der Waals surface area contributed by atoms with Gasteiger partial charge in [0, 0.05) is 0 Å². The van der Waals surface area contributed by atoms with Gasteiger partial charge in [-0.25, -0.2) is 13.2 Å². The lowest BCUT2D eigenvalue weighted by molar-refractivity contribution is -0.130. The third-order valence-corrected chi connectivity index (χ3v) is 4.79. The first-order chi connectivity index (χ1) is 7.42. The molecule has 0 aromatic rings. The minimum absolute atomic E-state index is 0.0697. The second-order valence-corrected chi connectivity index (χ2v) is 6.02. The minimum Gasteiger partial charge on any atom is -0.476 e. The molecule has 0 spiro atoms. The third kappa shape index (κ3) is 1.69. The molecule has 0 aliphatic carbocycles. The molecule has 1 saturated heterocycles. The van der Waals surface area contributed by atoms with Crippen LogP contribution in [-0.4, -0.2) is 53.7 Å². The standard InChI is InChI=1S/C8H10N2O5S/c11-5-4-10(9-7(5)8(12)13)6-2-1-3-16(6,14)15/h6H,1-4H2,(H,12,13). The Kier molecular flexibility index (Phi) is 2.45. The number of carbonyl (C=O) groups is 2. The van der Waals surface area contributed by atoms with E-state index in [2.05, 4.69) is 5.10 Å². The Morgan fingerprint density at radius 1 is 1.50 bits per heavy atom. The topological polar surface area (TPSA) is 104 Å². The van der Waals surface area contributed by atoms with Crippen molar-refractivity contribution in [3.63, 3.8) is 0 Å². The summed E-state index contributed by atoms with van der Waals surface area (Å²) in [6, 6.07) is 0. The first-order valence-electron chi connectivity index (χ1n) is 4.75. The molecule has 0 saturated carbocycles. The van der Waals surface area contributed by atoms with Gasteiger partial charge in [0.15, 0.2) is 9.84 Å². The number of rotatable bonds is 2. The maximum absolute atomic E-state index is 11.6. The van der Waals surface area contributed by atoms with E-state index in [-0.39, 0.29) is 12.3 Å². The molecule has 16 heavy (non-hydrogen) atoms. The fraction of sp³-hybridized carbons (Fsp3) is 0.625. The summed E-state index contributed by atoms with van der Waals surface area (Å²) >= 11 is 0. The van der Waals surface area contributed by atoms with E-state index in [1.165, 1.54) is 0 Å². The normalized spacial score (nSPS) is 28.2. The molecule has 0 radical (unpaired) electrons. The van der Waals surface area contributed by atoms with Crippen LogP contribution in [-0.2, 0) is 19.4 Å². The Balaban J connectivity index is 2.26. The first kappa shape index (κ1) is 11.1. The molecule has 0 aromatic heterocycles. The Morgan fingerprint density at radius 2 is 2.19 bits per heavy atom. The SMILES string of the molecule is O=C(O)C1=NN(C2CCCS2(=O)=O)CC1=O. The summed E-state index contributed by atoms with van der Waals surface area (Å²) in [5.74, 6) is -1.99. The molecule has 1 atom stereocenters. The quantitative estimate of drug-likeness (QED) is 0.659. The van der Waals surface area contributed by atoms with Gasteiger partial charge in [0.25, 0.3) is 0 Å². The Bertz CT molecular complexity index is 481. The van der Waals surface area contributed by atoms with Crippen LogP contribution in [0.3, 0.4) is 0 Å². The third-order valence-electron chi connectivity index (χ3n) is 2.63. The number of nitrogens with zero attached hydrogens (tertiary/aromatic N) is 2. The summed E-state index contributed by atoms with van der Waals surface area (Å²) in [6.45, 7) is -0.258. The van der Waals surface area contributed by atoms with E-state index >= 15 is 0 Å². The molecule has 0 aromatic carbocycles. The lowest BCUT2D eigenvalue weighted by Crippen LogP contribution is -2.34. The highest BCUT2D eigenvalue weighted by molar-refractivity contribution is 7.92. The summed E-state index contributed by atoms with van der Waals surface area (Å²) in [7, 11) is -3.27. The van der Waals surface area contributed by atoms with Crippen molar-refractivity contribution < 1.29 is 23.1 Å². The average Bonchev–Trinajstić information content (AvgIpc) is 2.68. The maximum atomic E-state index is 11.6. The van der Waals surface area contributed by atoms with Crippen molar-refractivity contribution in [2.24, 2.45) is 5.10 Å². The van der Waals surface area contributed by atoms with E-state index < -0.39 is 32.7 Å². The van der Waals surface area contributed by atoms with Crippen molar-refractivity contribution in [1.82, 2.24) is 5.01 Å². The molecule has 2 heterocycles. The fourth-order valence-electron chi connectivity index (χ4n) is 1.88. The maximum Gasteiger partial charge on any atom is 0.360 e. The number of carboxylic acids is 1. The zero-order valence-corrected chi connectivity index (χ0v) is 9.11. The van der Waals surface area contributed by atoms with Crippen molar-refractivity contribution in [1.29, 1.82) is 0 Å². The number of sulfone groups is 1. The Labute approximate surface area is 91.7 Å². The highest BCUT2D eigenvalue weighted by atomic mass is 32.2. The molecule has 7 nitrogen and oxygen atoms in total. The van der Waals surface area contributed by atoms with E-state index in [0.29, 0.717) is 12.8 Å². The van der Waals surface area contributed by atoms with Gasteiger partial charge in [-0.15, -0.1) is 0 Å². The summed E-state index contributed by atoms with van der Waals surface area (Å²) in [5, 5.41) is 12.5. The molecule has 0 bridgehead atoms. The summed E-state index contributed by atoms with van der Waals surface area (Å²) in [6.07, 6.45) is 0.918. The molecule has 2 aliphatic heterocycles. The van der Waals surface area contributed by atoms with Gasteiger partial charge in [-0.3, -0.25) is 9.80 Å². The van der Waals surface area contributed by atoms with Gasteiger partial charge in [0.1, 0.15) is 11.9 Å². The highest BCUT2D eigenvalue weighted by Crippen LogP contribution is 2.25. The van der Waals surface area contributed by atoms with Gasteiger partial charge in [-0.1, -0.05) is 0 Å². The summed E-state index contributed by atoms with van der Waals surface area (Å²) in [4.78, 5) is 21.9. The zero-order chi connectivity index (χ0) is 11.9. The van der Waals surface area contributed by atoms with Crippen molar-refractivity contribution in [3.05, 3.63) is 0 Å². The van der Waals surface area contributed by atoms with Gasteiger partial charge in [0.2, 0.25) is 11.5 Å². The lowest BCUT2D eigenvalue weighted by atomic mass is 10.2. The van der Waals surface area contributed by atoms with Crippen LogP contribution in [0.25, 0.3) is 0 Å². The van der Waals surface area contributed by atoms with Crippen LogP contribution in [0, 0.1) is 0 Å². The predicted octanol–water partition coefficient (Wildman–Crippen LogP) is -1.15. The largest absolute Gasteiger partial charge is 0.476 e. The Hall–Kier alpha value is -1.44. The number of carboxylic acid groups (broad SMARTS) is 1. The lowest BCUT2D eigenvalue weighted by Gasteiger charge is -2.19. The van der Waals surface area contributed by atoms with Gasteiger partial charge in [-0.2, -0.15) is 5.10 Å². The predicted molar refractivity (Wildman–Crippen MR) is 53.6 cm³/mol. The first-order valence-corrected chi connectivity index (χ1v) is 6.46. The van der Waals surface area contributed by atoms with Crippen LogP contribution in [0.4, 0.5) is 0 Å². The molecule has 88 valence electrons. The van der Waals surface area contributed by atoms with Crippen LogP contribution < -0.4 is 0 Å². The smallest absolute Gasteiger partial charge is 0.360 e. The molecule has 2 rings (SSSR count). The molecule has 8 heteroatoms. The van der Waals surface area contributed by atoms with Gasteiger partial charge >= 0.3 is 5.97 Å². The van der Waals surface area contributed by atoms with Crippen LogP contribution >= 0.6 is 0 Å². The van der Waals surface area contributed by atoms with E-state index in [1.54, 1.807) is 0 Å². The van der Waals surface area contributed by atoms with E-state index in [0.717, 1.165) is 5.01 Å². The number of hydrogen-bond acceptors (Lipinski definition) is 6. The number of ketones is 1. The fourth-order valence-corrected chi connectivity index (χ4v) is 3.74. The van der Waals surface area contributed by atoms with Gasteiger partial charge < -0.3 is 5.11 Å². The van der Waals surface area contributed by atoms with Crippen molar-refractivity contribution in [2.45, 2.75) is 18.2 Å². The molecule has 2 aliphatic rings. The van der Waals surface area contributed by atoms with Gasteiger partial charge in [0.05, 0.1) is 5.75 Å². The second-order valence-electron chi connectivity index (χ2n) is 3.74. The average molecular weight is 246 g/mol. The minimum atomic E-state index is -3.27. The summed E-state index contributed by atoms with van der Waals surface area (Å²) in [5.41, 5.74) is -0.581. The molecule has 1 fully saturated rings. The van der Waals surface area contributed by atoms with Gasteiger partial charge in [-0.05, 0) is 12.8 Å². The zero-order valence-electron chi connectivity index (χ0n) is 8.29. The van der Waals surface area contributed by atoms with Crippen LogP contribution in [0.15, 0.2) is 5.10 Å². The van der Waals surface area contributed by atoms with Crippen LogP contribution in [0.5, 0.6) is 0 Å². The van der Waals surface area contributed by atoms with Crippen molar-refractivity contribution in [2.75, 3.05) is 12.3 Å². The van der Waals surface area contributed by atoms with E-state index in [4.69, 9.17) is 5.11 Å². The highest BCUT2D eigenvalue weighted by Gasteiger charge is 2.41. The monoisotopic (exact) mass is 246 g/mol. The molecule has 1 unspecified atom stereocenters. The molecule has 1 N–H and O–H groups in total. The van der Waals surface area contributed by atoms with Crippen LogP contribution in [0.2, 0.25) is 0 Å². The van der Waals surface area contributed by atoms with Crippen LogP contribution in [0.1, 0.15) is 12.8 Å². The molecule has 0 amide bonds. The number of Topliss-reactive ketones (excluding diaryl/α,β-unsaturated/α-hetero) is 1. The van der Waals surface area contributed by atoms with E-state index in [9.17, 15) is 18.0 Å². The number of aliphatic carboxylic acids is 1. The molecular formula is C8H10N2O5S. The number of hydrazone groups is 1. The van der Waals surface area contributed by atoms with E-state index in [1.807, 2.05) is 0 Å². The van der Waals surface area contributed by atoms with Crippen molar-refractivity contribution in [3.8, 4) is 0 Å².